The fourth-order valence-corrected chi connectivity index (χ4v) is 6.29. The fraction of sp³-hybridized carbons (Fsp3) is 0.348. The van der Waals surface area contributed by atoms with Crippen molar-refractivity contribution in [3.8, 4) is 5.75 Å². The number of hydrogen-bond acceptors (Lipinski definition) is 5. The van der Waals surface area contributed by atoms with Gasteiger partial charge in [0.15, 0.2) is 0 Å². The molecule has 8 heteroatoms. The number of H-pyrrole nitrogens is 1. The molecule has 0 saturated carbocycles. The van der Waals surface area contributed by atoms with Crippen LogP contribution >= 0.6 is 0 Å². The van der Waals surface area contributed by atoms with Gasteiger partial charge in [-0.25, -0.2) is 4.98 Å². The number of hydrogen-bond donors (Lipinski definition) is 2. The molecule has 31 heavy (non-hydrogen) atoms. The van der Waals surface area contributed by atoms with Gasteiger partial charge in [0.2, 0.25) is 0 Å². The third-order valence-electron chi connectivity index (χ3n) is 6.13. The van der Waals surface area contributed by atoms with Crippen molar-refractivity contribution in [2.45, 2.75) is 43.1 Å². The molecule has 1 aromatic carbocycles. The minimum atomic E-state index is -1.51. The van der Waals surface area contributed by atoms with E-state index in [2.05, 4.69) is 15.0 Å². The van der Waals surface area contributed by atoms with Gasteiger partial charge in [-0.3, -0.25) is 14.0 Å². The Labute approximate surface area is 183 Å². The standard InChI is InChI=1S/C23H25N3O4S/c1-14-11-24-19(15(2)21(14)30-3)12-31(29)20-6-4-5-9-23(20,22(27)28)16-7-8-17-18(10-16)26-13-25-17/h4,6-8,10-11,13,20H,5,9,12H2,1-3H3,(H,25,26)(H,27,28). The van der Waals surface area contributed by atoms with Crippen molar-refractivity contribution in [2.24, 2.45) is 0 Å². The normalized spacial score (nSPS) is 21.8. The highest BCUT2D eigenvalue weighted by Crippen LogP contribution is 2.41. The van der Waals surface area contributed by atoms with Crippen LogP contribution in [0.2, 0.25) is 0 Å². The van der Waals surface area contributed by atoms with Gasteiger partial charge in [-0.1, -0.05) is 18.2 Å². The molecule has 0 saturated heterocycles. The first-order valence-corrected chi connectivity index (χ1v) is 11.5. The van der Waals surface area contributed by atoms with Crippen molar-refractivity contribution in [3.05, 3.63) is 65.3 Å². The monoisotopic (exact) mass is 439 g/mol. The lowest BCUT2D eigenvalue weighted by Gasteiger charge is -2.38. The van der Waals surface area contributed by atoms with E-state index in [-0.39, 0.29) is 5.75 Å². The Morgan fingerprint density at radius 2 is 2.16 bits per heavy atom. The summed E-state index contributed by atoms with van der Waals surface area (Å²) in [6.07, 6.45) is 7.98. The molecule has 1 aliphatic rings. The molecule has 7 nitrogen and oxygen atoms in total. The van der Waals surface area contributed by atoms with Gasteiger partial charge in [0, 0.05) is 28.1 Å². The van der Waals surface area contributed by atoms with E-state index in [0.717, 1.165) is 27.9 Å². The van der Waals surface area contributed by atoms with E-state index in [1.54, 1.807) is 37.8 Å². The Kier molecular flexibility index (Phi) is 5.66. The number of carboxylic acids is 1. The summed E-state index contributed by atoms with van der Waals surface area (Å²) in [7, 11) is 0.0875. The number of rotatable bonds is 6. The number of carbonyl (C=O) groups is 1. The Bertz CT molecular complexity index is 1200. The van der Waals surface area contributed by atoms with Crippen LogP contribution in [0.3, 0.4) is 0 Å². The van der Waals surface area contributed by atoms with Crippen LogP contribution in [-0.4, -0.2) is 42.6 Å². The molecular formula is C23H25N3O4S. The average molecular weight is 440 g/mol. The number of allylic oxidation sites excluding steroid dienone is 1. The van der Waals surface area contributed by atoms with Crippen LogP contribution in [0.1, 0.15) is 35.2 Å². The van der Waals surface area contributed by atoms with Crippen molar-refractivity contribution in [1.82, 2.24) is 15.0 Å². The number of aryl methyl sites for hydroxylation is 1. The van der Waals surface area contributed by atoms with Crippen LogP contribution in [0.25, 0.3) is 11.0 Å². The number of benzene rings is 1. The number of ether oxygens (including phenoxy) is 1. The van der Waals surface area contributed by atoms with E-state index in [4.69, 9.17) is 4.74 Å². The summed E-state index contributed by atoms with van der Waals surface area (Å²) in [6, 6.07) is 5.41. The zero-order chi connectivity index (χ0) is 22.2. The molecule has 4 rings (SSSR count). The first-order chi connectivity index (χ1) is 14.9. The van der Waals surface area contributed by atoms with Gasteiger partial charge in [-0.05, 0) is 44.4 Å². The van der Waals surface area contributed by atoms with E-state index in [0.29, 0.717) is 24.1 Å². The predicted octanol–water partition coefficient (Wildman–Crippen LogP) is 3.57. The van der Waals surface area contributed by atoms with Gasteiger partial charge >= 0.3 is 5.97 Å². The minimum Gasteiger partial charge on any atom is -0.496 e. The number of pyridine rings is 1. The molecule has 0 fully saturated rings. The SMILES string of the molecule is COc1c(C)cnc(CS(=O)C2C=CCCC2(C(=O)O)c2ccc3nc[nH]c3c2)c1C. The number of aromatic nitrogens is 3. The van der Waals surface area contributed by atoms with E-state index in [1.807, 2.05) is 26.0 Å². The van der Waals surface area contributed by atoms with Crippen molar-refractivity contribution in [3.63, 3.8) is 0 Å². The van der Waals surface area contributed by atoms with Crippen LogP contribution in [0.15, 0.2) is 42.9 Å². The number of imidazole rings is 1. The lowest BCUT2D eigenvalue weighted by atomic mass is 9.71. The number of aliphatic carboxylic acids is 1. The average Bonchev–Trinajstić information content (AvgIpc) is 3.23. The fourth-order valence-electron chi connectivity index (χ4n) is 4.46. The highest BCUT2D eigenvalue weighted by atomic mass is 32.2. The van der Waals surface area contributed by atoms with Gasteiger partial charge in [0.05, 0.1) is 41.2 Å². The Hall–Kier alpha value is -3.00. The zero-order valence-electron chi connectivity index (χ0n) is 17.7. The maximum atomic E-state index is 13.6. The Morgan fingerprint density at radius 3 is 2.90 bits per heavy atom. The summed E-state index contributed by atoms with van der Waals surface area (Å²) in [4.78, 5) is 24.4. The number of carboxylic acid groups (broad SMARTS) is 1. The summed E-state index contributed by atoms with van der Waals surface area (Å²) in [5.74, 6) is -0.102. The maximum Gasteiger partial charge on any atom is 0.315 e. The molecule has 0 bridgehead atoms. The van der Waals surface area contributed by atoms with Crippen molar-refractivity contribution >= 4 is 27.8 Å². The first kappa shape index (κ1) is 21.2. The van der Waals surface area contributed by atoms with E-state index >= 15 is 0 Å². The number of nitrogens with one attached hydrogen (secondary N) is 1. The van der Waals surface area contributed by atoms with E-state index in [1.165, 1.54) is 0 Å². The number of nitrogens with zero attached hydrogens (tertiary/aromatic N) is 2. The summed E-state index contributed by atoms with van der Waals surface area (Å²) in [6.45, 7) is 3.79. The largest absolute Gasteiger partial charge is 0.496 e. The highest BCUT2D eigenvalue weighted by molar-refractivity contribution is 7.85. The molecule has 0 radical (unpaired) electrons. The summed E-state index contributed by atoms with van der Waals surface area (Å²) >= 11 is 0. The third-order valence-corrected chi connectivity index (χ3v) is 7.81. The van der Waals surface area contributed by atoms with Crippen LogP contribution in [0, 0.1) is 13.8 Å². The molecule has 162 valence electrons. The third kappa shape index (κ3) is 3.54. The highest BCUT2D eigenvalue weighted by Gasteiger charge is 2.50. The van der Waals surface area contributed by atoms with E-state index in [9.17, 15) is 14.1 Å². The topological polar surface area (TPSA) is 105 Å². The number of aromatic amines is 1. The first-order valence-electron chi connectivity index (χ1n) is 10.1. The Balaban J connectivity index is 1.76. The summed E-state index contributed by atoms with van der Waals surface area (Å²) in [5.41, 5.74) is 3.25. The number of methoxy groups -OCH3 is 1. The predicted molar refractivity (Wildman–Crippen MR) is 120 cm³/mol. The molecule has 3 atom stereocenters. The maximum absolute atomic E-state index is 13.6. The van der Waals surface area contributed by atoms with Crippen molar-refractivity contribution in [1.29, 1.82) is 0 Å². The van der Waals surface area contributed by atoms with Gasteiger partial charge in [0.1, 0.15) is 11.2 Å². The second-order valence-electron chi connectivity index (χ2n) is 7.87. The molecule has 0 spiro atoms. The van der Waals surface area contributed by atoms with Gasteiger partial charge in [-0.15, -0.1) is 0 Å². The van der Waals surface area contributed by atoms with Gasteiger partial charge in [0.25, 0.3) is 0 Å². The molecule has 2 heterocycles. The summed E-state index contributed by atoms with van der Waals surface area (Å²) in [5, 5.41) is 9.71. The molecule has 2 aromatic heterocycles. The number of fused-ring (bicyclic) bond motifs is 1. The second-order valence-corrected chi connectivity index (χ2v) is 9.43. The molecule has 3 unspecified atom stereocenters. The molecule has 3 aromatic rings. The molecule has 2 N–H and O–H groups in total. The van der Waals surface area contributed by atoms with Crippen LogP contribution in [0.4, 0.5) is 0 Å². The van der Waals surface area contributed by atoms with Crippen LogP contribution < -0.4 is 4.74 Å². The van der Waals surface area contributed by atoms with Gasteiger partial charge < -0.3 is 14.8 Å². The van der Waals surface area contributed by atoms with Crippen LogP contribution in [0.5, 0.6) is 5.75 Å². The molecule has 0 aliphatic heterocycles. The molecular weight excluding hydrogens is 414 g/mol. The lowest BCUT2D eigenvalue weighted by molar-refractivity contribution is -0.144. The smallest absolute Gasteiger partial charge is 0.315 e. The van der Waals surface area contributed by atoms with Crippen molar-refractivity contribution in [2.75, 3.05) is 7.11 Å². The Morgan fingerprint density at radius 1 is 1.35 bits per heavy atom. The van der Waals surface area contributed by atoms with Crippen molar-refractivity contribution < 1.29 is 18.8 Å². The second kappa shape index (κ2) is 8.26. The van der Waals surface area contributed by atoms with Gasteiger partial charge in [-0.2, -0.15) is 0 Å². The lowest BCUT2D eigenvalue weighted by Crippen LogP contribution is -2.49. The summed E-state index contributed by atoms with van der Waals surface area (Å²) < 4.78 is 19.1. The minimum absolute atomic E-state index is 0.152. The molecule has 0 amide bonds. The molecule has 1 aliphatic carbocycles. The van der Waals surface area contributed by atoms with Crippen LogP contribution in [-0.2, 0) is 26.8 Å². The van der Waals surface area contributed by atoms with E-state index < -0.39 is 27.4 Å². The zero-order valence-corrected chi connectivity index (χ0v) is 18.5. The quantitative estimate of drug-likeness (QED) is 0.569.